The Balaban J connectivity index is 1.93. The molecule has 8 heteroatoms. The lowest BCUT2D eigenvalue weighted by atomic mass is 9.68. The molecule has 5 N–H and O–H groups in total. The van der Waals surface area contributed by atoms with Crippen molar-refractivity contribution in [2.45, 2.75) is 36.5 Å². The summed E-state index contributed by atoms with van der Waals surface area (Å²) in [5.74, 6) is -0.444. The van der Waals surface area contributed by atoms with Crippen LogP contribution in [0.15, 0.2) is 30.8 Å². The predicted molar refractivity (Wildman–Crippen MR) is 97.3 cm³/mol. The van der Waals surface area contributed by atoms with Gasteiger partial charge in [-0.15, -0.1) is 11.3 Å². The number of Topliss-reactive ketones (excluding diaryl/α,β-unsaturated/α-hetero) is 1. The second-order valence-electron chi connectivity index (χ2n) is 7.17. The van der Waals surface area contributed by atoms with Crippen LogP contribution in [0.5, 0.6) is 0 Å². The highest BCUT2D eigenvalue weighted by Crippen LogP contribution is 2.60. The van der Waals surface area contributed by atoms with E-state index >= 15 is 0 Å². The van der Waals surface area contributed by atoms with Crippen molar-refractivity contribution in [3.05, 3.63) is 58.0 Å². The zero-order valence-corrected chi connectivity index (χ0v) is 15.0. The van der Waals surface area contributed by atoms with Gasteiger partial charge in [-0.2, -0.15) is 13.2 Å². The molecular formula is C19H17F3N2O2S. The van der Waals surface area contributed by atoms with Gasteiger partial charge in [0.05, 0.1) is 15.3 Å². The first kappa shape index (κ1) is 18.1. The minimum atomic E-state index is -4.89. The van der Waals surface area contributed by atoms with Crippen LogP contribution in [0.3, 0.4) is 0 Å². The number of anilines is 1. The van der Waals surface area contributed by atoms with E-state index in [9.17, 15) is 23.1 Å². The van der Waals surface area contributed by atoms with E-state index < -0.39 is 29.4 Å². The van der Waals surface area contributed by atoms with E-state index in [-0.39, 0.29) is 23.2 Å². The molecule has 2 aliphatic carbocycles. The summed E-state index contributed by atoms with van der Waals surface area (Å²) in [7, 11) is 0. The number of fused-ring (bicyclic) bond motifs is 3. The maximum atomic E-state index is 13.8. The second-order valence-corrected chi connectivity index (χ2v) is 8.22. The summed E-state index contributed by atoms with van der Waals surface area (Å²) in [6.45, 7) is 3.68. The van der Waals surface area contributed by atoms with E-state index in [0.29, 0.717) is 27.4 Å². The Bertz CT molecular complexity index is 997. The predicted octanol–water partition coefficient (Wildman–Crippen LogP) is 3.48. The van der Waals surface area contributed by atoms with Crippen molar-refractivity contribution in [1.29, 1.82) is 0 Å². The molecule has 0 saturated heterocycles. The van der Waals surface area contributed by atoms with Crippen molar-refractivity contribution in [2.75, 3.05) is 5.73 Å². The van der Waals surface area contributed by atoms with Crippen molar-refractivity contribution < 1.29 is 23.1 Å². The Morgan fingerprint density at radius 1 is 1.26 bits per heavy atom. The first-order valence-corrected chi connectivity index (χ1v) is 9.14. The average molecular weight is 394 g/mol. The van der Waals surface area contributed by atoms with E-state index in [4.69, 9.17) is 11.5 Å². The first-order chi connectivity index (χ1) is 12.5. The third kappa shape index (κ3) is 2.17. The number of ketones is 1. The Morgan fingerprint density at radius 2 is 1.89 bits per heavy atom. The molecule has 1 aromatic carbocycles. The maximum Gasteiger partial charge on any atom is 0.421 e. The third-order valence-corrected chi connectivity index (χ3v) is 6.77. The van der Waals surface area contributed by atoms with Gasteiger partial charge in [0.25, 0.3) is 0 Å². The first-order valence-electron chi connectivity index (χ1n) is 8.33. The van der Waals surface area contributed by atoms with Gasteiger partial charge in [-0.3, -0.25) is 4.79 Å². The molecule has 4 nitrogen and oxygen atoms in total. The number of alkyl halides is 3. The molecule has 0 radical (unpaired) electrons. The quantitative estimate of drug-likeness (QED) is 0.691. The minimum Gasteiger partial charge on any atom is -0.399 e. The van der Waals surface area contributed by atoms with E-state index in [0.717, 1.165) is 11.3 Å². The Hall–Kier alpha value is -2.32. The lowest BCUT2D eigenvalue weighted by Crippen LogP contribution is -2.45. The molecule has 2 aliphatic rings. The Kier molecular flexibility index (Phi) is 3.58. The van der Waals surface area contributed by atoms with Gasteiger partial charge in [0, 0.05) is 17.7 Å². The molecule has 0 saturated carbocycles. The van der Waals surface area contributed by atoms with Gasteiger partial charge < -0.3 is 16.6 Å². The van der Waals surface area contributed by atoms with Crippen LogP contribution in [0, 0.1) is 0 Å². The summed E-state index contributed by atoms with van der Waals surface area (Å²) < 4.78 is 41.3. The van der Waals surface area contributed by atoms with Gasteiger partial charge in [0.2, 0.25) is 0 Å². The molecule has 1 aromatic heterocycles. The van der Waals surface area contributed by atoms with Crippen LogP contribution in [-0.4, -0.2) is 17.1 Å². The van der Waals surface area contributed by atoms with E-state index in [1.165, 1.54) is 18.2 Å². The number of rotatable bonds is 1. The van der Waals surface area contributed by atoms with Crippen LogP contribution >= 0.6 is 11.3 Å². The minimum absolute atomic E-state index is 0.144. The zero-order chi connectivity index (χ0) is 19.8. The summed E-state index contributed by atoms with van der Waals surface area (Å²) in [5, 5.41) is 10.9. The van der Waals surface area contributed by atoms with Crippen molar-refractivity contribution in [3.8, 4) is 0 Å². The number of hydrogen-bond donors (Lipinski definition) is 3. The Morgan fingerprint density at radius 3 is 2.48 bits per heavy atom. The molecule has 0 aliphatic heterocycles. The molecule has 2 aromatic rings. The van der Waals surface area contributed by atoms with Crippen LogP contribution in [0.2, 0.25) is 0 Å². The van der Waals surface area contributed by atoms with Gasteiger partial charge in [-0.05, 0) is 29.5 Å². The lowest BCUT2D eigenvalue weighted by molar-refractivity contribution is -0.268. The summed E-state index contributed by atoms with van der Waals surface area (Å²) in [5.41, 5.74) is 8.65. The fourth-order valence-corrected chi connectivity index (χ4v) is 5.69. The number of nitrogens with two attached hydrogens (primary N) is 2. The molecule has 142 valence electrons. The number of halogens is 3. The maximum absolute atomic E-state index is 13.8. The fraction of sp³-hybridized carbons (Fsp3) is 0.316. The average Bonchev–Trinajstić information content (AvgIpc) is 3.06. The molecular weight excluding hydrogens is 377 g/mol. The van der Waals surface area contributed by atoms with E-state index in [2.05, 4.69) is 6.58 Å². The number of hydrogen-bond acceptors (Lipinski definition) is 5. The molecule has 1 heterocycles. The SMILES string of the molecule is C=C(N)c1c(N)sc2c1CCC1(CC(O)(C(F)(F)F)c3ccccc31)C2=O. The lowest BCUT2D eigenvalue weighted by Gasteiger charge is -2.35. The molecule has 0 bridgehead atoms. The van der Waals surface area contributed by atoms with Crippen molar-refractivity contribution >= 4 is 27.8 Å². The van der Waals surface area contributed by atoms with Crippen LogP contribution in [0.4, 0.5) is 18.2 Å². The van der Waals surface area contributed by atoms with E-state index in [1.807, 2.05) is 0 Å². The largest absolute Gasteiger partial charge is 0.421 e. The monoisotopic (exact) mass is 394 g/mol. The molecule has 0 fully saturated rings. The van der Waals surface area contributed by atoms with Crippen LogP contribution in [0.25, 0.3) is 5.70 Å². The smallest absolute Gasteiger partial charge is 0.399 e. The summed E-state index contributed by atoms with van der Waals surface area (Å²) in [6.07, 6.45) is -5.14. The summed E-state index contributed by atoms with van der Waals surface area (Å²) >= 11 is 1.02. The highest BCUT2D eigenvalue weighted by molar-refractivity contribution is 7.18. The molecule has 2 atom stereocenters. The number of aliphatic hydroxyl groups is 1. The molecule has 2 unspecified atom stereocenters. The topological polar surface area (TPSA) is 89.3 Å². The number of nitrogen functional groups attached to an aromatic ring is 1. The highest BCUT2D eigenvalue weighted by atomic mass is 32.1. The van der Waals surface area contributed by atoms with Crippen LogP contribution in [0.1, 0.15) is 44.8 Å². The zero-order valence-electron chi connectivity index (χ0n) is 14.2. The molecule has 0 amide bonds. The van der Waals surface area contributed by atoms with E-state index in [1.54, 1.807) is 6.07 Å². The van der Waals surface area contributed by atoms with Gasteiger partial charge in [-0.1, -0.05) is 30.8 Å². The standard InChI is InChI=1S/C19H17F3N2O2S/c1-9(23)13-10-6-7-17(15(25)14(10)27-16(13)24)8-18(26,19(20,21)22)12-5-3-2-4-11(12)17/h2-5,26H,1,6-8,23-24H2. The van der Waals surface area contributed by atoms with Crippen LogP contribution in [-0.2, 0) is 17.4 Å². The highest BCUT2D eigenvalue weighted by Gasteiger charge is 2.67. The number of carbonyl (C=O) groups is 1. The van der Waals surface area contributed by atoms with Gasteiger partial charge >= 0.3 is 6.18 Å². The number of thiophene rings is 1. The van der Waals surface area contributed by atoms with Crippen molar-refractivity contribution in [1.82, 2.24) is 0 Å². The van der Waals surface area contributed by atoms with Gasteiger partial charge in [0.15, 0.2) is 11.4 Å². The van der Waals surface area contributed by atoms with Gasteiger partial charge in [0.1, 0.15) is 0 Å². The molecule has 4 rings (SSSR count). The summed E-state index contributed by atoms with van der Waals surface area (Å²) in [4.78, 5) is 13.7. The normalized spacial score (nSPS) is 26.9. The number of benzene rings is 1. The van der Waals surface area contributed by atoms with Gasteiger partial charge in [-0.25, -0.2) is 0 Å². The van der Waals surface area contributed by atoms with Crippen LogP contribution < -0.4 is 11.5 Å². The van der Waals surface area contributed by atoms with Crippen molar-refractivity contribution in [2.24, 2.45) is 5.73 Å². The third-order valence-electron chi connectivity index (χ3n) is 5.71. The molecule has 27 heavy (non-hydrogen) atoms. The fourth-order valence-electron chi connectivity index (χ4n) is 4.49. The number of carbonyl (C=O) groups excluding carboxylic acids is 1. The molecule has 1 spiro atoms. The summed E-state index contributed by atoms with van der Waals surface area (Å²) in [6, 6.07) is 5.77. The Labute approximate surface area is 157 Å². The second kappa shape index (κ2) is 5.36. The van der Waals surface area contributed by atoms with Crippen molar-refractivity contribution in [3.63, 3.8) is 0 Å².